The van der Waals surface area contributed by atoms with Crippen LogP contribution in [0.15, 0.2) is 34.8 Å². The fraction of sp³-hybridized carbons (Fsp3) is 0.143. The summed E-state index contributed by atoms with van der Waals surface area (Å²) in [5, 5.41) is 2.82. The highest BCUT2D eigenvalue weighted by Gasteiger charge is 2.11. The van der Waals surface area contributed by atoms with Crippen molar-refractivity contribution in [2.75, 3.05) is 5.32 Å². The molecule has 1 aromatic carbocycles. The summed E-state index contributed by atoms with van der Waals surface area (Å²) in [5.74, 6) is -0.220. The SMILES string of the molecule is CC(=O)c1ccc(C(=O)Nc2ccc(Br)c(C)c2)s1. The second-order valence-electron chi connectivity index (χ2n) is 4.14. The Labute approximate surface area is 123 Å². The summed E-state index contributed by atoms with van der Waals surface area (Å²) >= 11 is 4.62. The molecular weight excluding hydrogens is 326 g/mol. The maximum absolute atomic E-state index is 12.0. The van der Waals surface area contributed by atoms with Crippen molar-refractivity contribution < 1.29 is 9.59 Å². The van der Waals surface area contributed by atoms with Crippen LogP contribution >= 0.6 is 27.3 Å². The molecule has 5 heteroatoms. The fourth-order valence-electron chi connectivity index (χ4n) is 1.56. The topological polar surface area (TPSA) is 46.2 Å². The van der Waals surface area contributed by atoms with Crippen molar-refractivity contribution in [3.05, 3.63) is 50.1 Å². The van der Waals surface area contributed by atoms with Gasteiger partial charge in [-0.3, -0.25) is 9.59 Å². The first-order valence-electron chi connectivity index (χ1n) is 5.65. The third-order valence-electron chi connectivity index (χ3n) is 2.59. The molecule has 2 aromatic rings. The molecule has 0 bridgehead atoms. The van der Waals surface area contributed by atoms with Crippen LogP contribution in [0, 0.1) is 6.92 Å². The van der Waals surface area contributed by atoms with Crippen molar-refractivity contribution >= 4 is 44.6 Å². The Morgan fingerprint density at radius 1 is 1.16 bits per heavy atom. The molecule has 0 aliphatic heterocycles. The number of benzene rings is 1. The van der Waals surface area contributed by atoms with E-state index < -0.39 is 0 Å². The van der Waals surface area contributed by atoms with Gasteiger partial charge in [-0.05, 0) is 49.7 Å². The molecule has 1 N–H and O–H groups in total. The van der Waals surface area contributed by atoms with Gasteiger partial charge in [0.2, 0.25) is 0 Å². The Balaban J connectivity index is 2.15. The lowest BCUT2D eigenvalue weighted by molar-refractivity contribution is 0.101. The molecule has 0 atom stereocenters. The van der Waals surface area contributed by atoms with Gasteiger partial charge in [-0.1, -0.05) is 15.9 Å². The van der Waals surface area contributed by atoms with Crippen LogP contribution in [0.4, 0.5) is 5.69 Å². The summed E-state index contributed by atoms with van der Waals surface area (Å²) in [6.45, 7) is 3.45. The van der Waals surface area contributed by atoms with E-state index in [1.165, 1.54) is 18.3 Å². The van der Waals surface area contributed by atoms with Gasteiger partial charge >= 0.3 is 0 Å². The number of carbonyl (C=O) groups is 2. The van der Waals surface area contributed by atoms with E-state index in [1.54, 1.807) is 12.1 Å². The summed E-state index contributed by atoms with van der Waals surface area (Å²) in [6.07, 6.45) is 0. The zero-order chi connectivity index (χ0) is 14.0. The van der Waals surface area contributed by atoms with E-state index in [2.05, 4.69) is 21.2 Å². The molecule has 2 rings (SSSR count). The minimum absolute atomic E-state index is 0.0245. The molecule has 1 amide bonds. The van der Waals surface area contributed by atoms with Crippen molar-refractivity contribution in [2.45, 2.75) is 13.8 Å². The first-order valence-corrected chi connectivity index (χ1v) is 7.26. The minimum atomic E-state index is -0.195. The quantitative estimate of drug-likeness (QED) is 0.850. The van der Waals surface area contributed by atoms with Crippen LogP contribution in [0.1, 0.15) is 31.8 Å². The van der Waals surface area contributed by atoms with E-state index in [0.717, 1.165) is 15.7 Å². The molecule has 0 unspecified atom stereocenters. The van der Waals surface area contributed by atoms with Crippen LogP contribution in [0.3, 0.4) is 0 Å². The molecule has 98 valence electrons. The van der Waals surface area contributed by atoms with Crippen LogP contribution in [0.2, 0.25) is 0 Å². The van der Waals surface area contributed by atoms with Crippen LogP contribution in [0.25, 0.3) is 0 Å². The third kappa shape index (κ3) is 3.30. The van der Waals surface area contributed by atoms with Crippen molar-refractivity contribution in [1.82, 2.24) is 0 Å². The standard InChI is InChI=1S/C14H12BrNO2S/c1-8-7-10(3-4-11(8)15)16-14(18)13-6-5-12(19-13)9(2)17/h3-7H,1-2H3,(H,16,18). The number of aryl methyl sites for hydroxylation is 1. The number of halogens is 1. The Morgan fingerprint density at radius 2 is 1.84 bits per heavy atom. The van der Waals surface area contributed by atoms with Crippen LogP contribution in [0.5, 0.6) is 0 Å². The Morgan fingerprint density at radius 3 is 2.42 bits per heavy atom. The molecule has 1 heterocycles. The number of anilines is 1. The van der Waals surface area contributed by atoms with E-state index in [4.69, 9.17) is 0 Å². The number of Topliss-reactive ketones (excluding diaryl/α,β-unsaturated/α-hetero) is 1. The summed E-state index contributed by atoms with van der Waals surface area (Å²) in [7, 11) is 0. The van der Waals surface area contributed by atoms with E-state index in [9.17, 15) is 9.59 Å². The number of ketones is 1. The van der Waals surface area contributed by atoms with E-state index in [1.807, 2.05) is 25.1 Å². The number of rotatable bonds is 3. The smallest absolute Gasteiger partial charge is 0.265 e. The maximum atomic E-state index is 12.0. The lowest BCUT2D eigenvalue weighted by atomic mass is 10.2. The van der Waals surface area contributed by atoms with Gasteiger partial charge in [-0.2, -0.15) is 0 Å². The Kier molecular flexibility index (Phi) is 4.17. The van der Waals surface area contributed by atoms with Crippen molar-refractivity contribution in [3.63, 3.8) is 0 Å². The highest BCUT2D eigenvalue weighted by atomic mass is 79.9. The second-order valence-corrected chi connectivity index (χ2v) is 6.08. The molecule has 19 heavy (non-hydrogen) atoms. The van der Waals surface area contributed by atoms with Crippen LogP contribution < -0.4 is 5.32 Å². The predicted octanol–water partition coefficient (Wildman–Crippen LogP) is 4.27. The number of hydrogen-bond donors (Lipinski definition) is 1. The zero-order valence-corrected chi connectivity index (χ0v) is 12.9. The highest BCUT2D eigenvalue weighted by molar-refractivity contribution is 9.10. The molecule has 0 aliphatic rings. The zero-order valence-electron chi connectivity index (χ0n) is 10.5. The van der Waals surface area contributed by atoms with Crippen molar-refractivity contribution in [1.29, 1.82) is 0 Å². The predicted molar refractivity (Wildman–Crippen MR) is 81.2 cm³/mol. The fourth-order valence-corrected chi connectivity index (χ4v) is 2.61. The van der Waals surface area contributed by atoms with Gasteiger partial charge in [0, 0.05) is 10.2 Å². The van der Waals surface area contributed by atoms with Gasteiger partial charge in [0.25, 0.3) is 5.91 Å². The van der Waals surface area contributed by atoms with Gasteiger partial charge in [0.15, 0.2) is 5.78 Å². The summed E-state index contributed by atoms with van der Waals surface area (Å²) in [4.78, 5) is 24.3. The van der Waals surface area contributed by atoms with E-state index >= 15 is 0 Å². The molecule has 0 saturated heterocycles. The van der Waals surface area contributed by atoms with Crippen LogP contribution in [-0.4, -0.2) is 11.7 Å². The summed E-state index contributed by atoms with van der Waals surface area (Å²) in [5.41, 5.74) is 1.79. The molecule has 3 nitrogen and oxygen atoms in total. The van der Waals surface area contributed by atoms with Crippen LogP contribution in [-0.2, 0) is 0 Å². The van der Waals surface area contributed by atoms with Gasteiger partial charge in [-0.15, -0.1) is 11.3 Å². The van der Waals surface area contributed by atoms with Crippen molar-refractivity contribution in [3.8, 4) is 0 Å². The third-order valence-corrected chi connectivity index (χ3v) is 4.67. The number of carbonyl (C=O) groups excluding carboxylic acids is 2. The maximum Gasteiger partial charge on any atom is 0.265 e. The van der Waals surface area contributed by atoms with Gasteiger partial charge in [0.05, 0.1) is 9.75 Å². The molecule has 0 fully saturated rings. The molecule has 0 spiro atoms. The largest absolute Gasteiger partial charge is 0.321 e. The molecule has 0 radical (unpaired) electrons. The number of nitrogens with one attached hydrogen (secondary N) is 1. The van der Waals surface area contributed by atoms with Gasteiger partial charge < -0.3 is 5.32 Å². The van der Waals surface area contributed by atoms with Gasteiger partial charge in [0.1, 0.15) is 0 Å². The number of hydrogen-bond acceptors (Lipinski definition) is 3. The lowest BCUT2D eigenvalue weighted by Gasteiger charge is -2.05. The average molecular weight is 338 g/mol. The first-order chi connectivity index (χ1) is 8.97. The normalized spacial score (nSPS) is 10.3. The highest BCUT2D eigenvalue weighted by Crippen LogP contribution is 2.22. The monoisotopic (exact) mass is 337 g/mol. The molecule has 0 aliphatic carbocycles. The summed E-state index contributed by atoms with van der Waals surface area (Å²) in [6, 6.07) is 8.95. The number of thiophene rings is 1. The minimum Gasteiger partial charge on any atom is -0.321 e. The first kappa shape index (κ1) is 14.0. The average Bonchev–Trinajstić information content (AvgIpc) is 2.83. The molecule has 1 aromatic heterocycles. The van der Waals surface area contributed by atoms with Crippen molar-refractivity contribution in [2.24, 2.45) is 0 Å². The van der Waals surface area contributed by atoms with E-state index in [-0.39, 0.29) is 11.7 Å². The Hall–Kier alpha value is -1.46. The lowest BCUT2D eigenvalue weighted by Crippen LogP contribution is -2.10. The molecule has 0 saturated carbocycles. The second kappa shape index (κ2) is 5.67. The Bertz CT molecular complexity index is 649. The molecular formula is C14H12BrNO2S. The number of amides is 1. The van der Waals surface area contributed by atoms with E-state index in [0.29, 0.717) is 9.75 Å². The summed E-state index contributed by atoms with van der Waals surface area (Å²) < 4.78 is 1.00. The van der Waals surface area contributed by atoms with Gasteiger partial charge in [-0.25, -0.2) is 0 Å².